The van der Waals surface area contributed by atoms with E-state index in [1.807, 2.05) is 0 Å². The topological polar surface area (TPSA) is 111 Å². The van der Waals surface area contributed by atoms with Crippen molar-refractivity contribution in [2.45, 2.75) is 25.3 Å². The van der Waals surface area contributed by atoms with Crippen LogP contribution in [0.5, 0.6) is 11.8 Å². The van der Waals surface area contributed by atoms with Crippen LogP contribution in [0.2, 0.25) is 10.0 Å². The Balaban J connectivity index is 1.59. The number of imide groups is 1. The molecule has 5 rings (SSSR count). The molecular formula is C19H14Cl2N6O3. The minimum Gasteiger partial charge on any atom is -0.423 e. The molecule has 3 aromatic rings. The Morgan fingerprint density at radius 2 is 2.07 bits per heavy atom. The highest BCUT2D eigenvalue weighted by Crippen LogP contribution is 2.34. The van der Waals surface area contributed by atoms with Gasteiger partial charge in [-0.25, -0.2) is 0 Å². The van der Waals surface area contributed by atoms with Crippen molar-refractivity contribution in [1.29, 1.82) is 0 Å². The second kappa shape index (κ2) is 7.26. The monoisotopic (exact) mass is 444 g/mol. The van der Waals surface area contributed by atoms with E-state index in [-0.39, 0.29) is 23.4 Å². The Kier molecular flexibility index (Phi) is 4.56. The fraction of sp³-hybridized carbons (Fsp3) is 0.211. The van der Waals surface area contributed by atoms with E-state index in [9.17, 15) is 9.59 Å². The van der Waals surface area contributed by atoms with Crippen molar-refractivity contribution in [3.05, 3.63) is 45.6 Å². The first-order valence-corrected chi connectivity index (χ1v) is 9.92. The first-order chi connectivity index (χ1) is 14.5. The molecule has 1 aliphatic carbocycles. The van der Waals surface area contributed by atoms with E-state index in [1.165, 1.54) is 4.52 Å². The number of halogens is 2. The van der Waals surface area contributed by atoms with E-state index in [2.05, 4.69) is 25.7 Å². The lowest BCUT2D eigenvalue weighted by Crippen LogP contribution is -2.19. The fourth-order valence-electron chi connectivity index (χ4n) is 3.00. The number of aromatic nitrogens is 4. The largest absolute Gasteiger partial charge is 0.423 e. The maximum Gasteiger partial charge on any atom is 0.327 e. The van der Waals surface area contributed by atoms with Crippen molar-refractivity contribution >= 4 is 52.7 Å². The van der Waals surface area contributed by atoms with Gasteiger partial charge in [-0.1, -0.05) is 29.3 Å². The molecule has 9 nitrogen and oxygen atoms in total. The number of hydrogen-bond donors (Lipinski definition) is 2. The van der Waals surface area contributed by atoms with Crippen LogP contribution in [0.1, 0.15) is 24.8 Å². The van der Waals surface area contributed by atoms with Crippen LogP contribution in [0.25, 0.3) is 11.7 Å². The Bertz CT molecular complexity index is 1230. The number of nitrogens with zero attached hydrogens (tertiary/aromatic N) is 4. The number of benzene rings is 1. The molecule has 2 aliphatic rings. The first-order valence-electron chi connectivity index (χ1n) is 9.17. The van der Waals surface area contributed by atoms with Crippen LogP contribution in [0.3, 0.4) is 0 Å². The summed E-state index contributed by atoms with van der Waals surface area (Å²) in [6.07, 6.45) is 5.22. The summed E-state index contributed by atoms with van der Waals surface area (Å²) in [4.78, 5) is 32.3. The van der Waals surface area contributed by atoms with Gasteiger partial charge in [0.05, 0.1) is 17.6 Å². The van der Waals surface area contributed by atoms with Gasteiger partial charge in [0.2, 0.25) is 11.9 Å². The van der Waals surface area contributed by atoms with Crippen LogP contribution in [0.4, 0.5) is 5.95 Å². The van der Waals surface area contributed by atoms with Crippen molar-refractivity contribution in [2.75, 3.05) is 5.32 Å². The average Bonchev–Trinajstić information content (AvgIpc) is 3.34. The van der Waals surface area contributed by atoms with Gasteiger partial charge < -0.3 is 10.1 Å². The third-order valence-corrected chi connectivity index (χ3v) is 5.43. The minimum atomic E-state index is -0.424. The second-order valence-corrected chi connectivity index (χ2v) is 7.75. The Morgan fingerprint density at radius 1 is 1.23 bits per heavy atom. The molecule has 0 unspecified atom stereocenters. The van der Waals surface area contributed by atoms with Crippen molar-refractivity contribution in [3.63, 3.8) is 0 Å². The zero-order valence-electron chi connectivity index (χ0n) is 15.4. The van der Waals surface area contributed by atoms with Gasteiger partial charge in [-0.15, -0.1) is 0 Å². The van der Waals surface area contributed by atoms with Gasteiger partial charge in [0.15, 0.2) is 11.4 Å². The number of nitrogens with one attached hydrogen (secondary N) is 2. The molecule has 30 heavy (non-hydrogen) atoms. The molecule has 11 heteroatoms. The molecule has 0 bridgehead atoms. The van der Waals surface area contributed by atoms with E-state index in [0.717, 1.165) is 12.8 Å². The SMILES string of the molecule is O=C1C/C(=C\c2cnn3c(NC4CC4)nc(Oc4cccc(Cl)c4Cl)nc23)C(=O)N1. The molecule has 2 fully saturated rings. The lowest BCUT2D eigenvalue weighted by molar-refractivity contribution is -0.124. The Hall–Kier alpha value is -3.17. The molecule has 2 N–H and O–H groups in total. The maximum atomic E-state index is 11.9. The Labute approximate surface area is 180 Å². The number of rotatable bonds is 5. The molecule has 3 heterocycles. The fourth-order valence-corrected chi connectivity index (χ4v) is 3.33. The normalized spacial score (nSPS) is 17.6. The third-order valence-electron chi connectivity index (χ3n) is 4.63. The number of hydrogen-bond acceptors (Lipinski definition) is 7. The summed E-state index contributed by atoms with van der Waals surface area (Å²) in [6, 6.07) is 5.35. The zero-order valence-corrected chi connectivity index (χ0v) is 16.9. The van der Waals surface area contributed by atoms with Gasteiger partial charge >= 0.3 is 6.01 Å². The van der Waals surface area contributed by atoms with Crippen molar-refractivity contribution in [1.82, 2.24) is 24.9 Å². The number of anilines is 1. The molecule has 2 amide bonds. The first kappa shape index (κ1) is 18.8. The van der Waals surface area contributed by atoms with E-state index in [1.54, 1.807) is 30.5 Å². The molecule has 0 radical (unpaired) electrons. The summed E-state index contributed by atoms with van der Waals surface area (Å²) in [6.45, 7) is 0. The highest BCUT2D eigenvalue weighted by Gasteiger charge is 2.26. The van der Waals surface area contributed by atoms with Gasteiger partial charge in [-0.2, -0.15) is 19.6 Å². The van der Waals surface area contributed by atoms with Crippen LogP contribution >= 0.6 is 23.2 Å². The molecule has 0 spiro atoms. The van der Waals surface area contributed by atoms with Crippen molar-refractivity contribution in [3.8, 4) is 11.8 Å². The maximum absolute atomic E-state index is 11.9. The number of carbonyl (C=O) groups is 2. The number of carbonyl (C=O) groups excluding carboxylic acids is 2. The lowest BCUT2D eigenvalue weighted by Gasteiger charge is -2.10. The van der Waals surface area contributed by atoms with Gasteiger partial charge in [0, 0.05) is 17.2 Å². The summed E-state index contributed by atoms with van der Waals surface area (Å²) in [7, 11) is 0. The summed E-state index contributed by atoms with van der Waals surface area (Å²) in [5.74, 6) is -0.00157. The molecule has 1 aromatic carbocycles. The van der Waals surface area contributed by atoms with E-state index in [4.69, 9.17) is 27.9 Å². The predicted molar refractivity (Wildman–Crippen MR) is 110 cm³/mol. The number of amides is 2. The molecule has 1 saturated heterocycles. The number of ether oxygens (including phenoxy) is 1. The van der Waals surface area contributed by atoms with Crippen LogP contribution < -0.4 is 15.4 Å². The van der Waals surface area contributed by atoms with Crippen molar-refractivity contribution < 1.29 is 14.3 Å². The van der Waals surface area contributed by atoms with Crippen LogP contribution in [-0.2, 0) is 9.59 Å². The quantitative estimate of drug-likeness (QED) is 0.458. The smallest absolute Gasteiger partial charge is 0.327 e. The third kappa shape index (κ3) is 3.57. The molecule has 0 atom stereocenters. The van der Waals surface area contributed by atoms with Crippen LogP contribution in [0, 0.1) is 0 Å². The summed E-state index contributed by atoms with van der Waals surface area (Å²) in [5, 5.41) is 10.5. The molecule has 1 aliphatic heterocycles. The minimum absolute atomic E-state index is 0.00984. The Morgan fingerprint density at radius 3 is 2.80 bits per heavy atom. The zero-order chi connectivity index (χ0) is 20.8. The highest BCUT2D eigenvalue weighted by atomic mass is 35.5. The van der Waals surface area contributed by atoms with Crippen LogP contribution in [-0.4, -0.2) is 37.4 Å². The summed E-state index contributed by atoms with van der Waals surface area (Å²) in [5.41, 5.74) is 1.31. The van der Waals surface area contributed by atoms with E-state index < -0.39 is 5.91 Å². The molecule has 2 aromatic heterocycles. The second-order valence-electron chi connectivity index (χ2n) is 6.96. The predicted octanol–water partition coefficient (Wildman–Crippen LogP) is 3.23. The number of fused-ring (bicyclic) bond motifs is 1. The molecule has 1 saturated carbocycles. The lowest BCUT2D eigenvalue weighted by atomic mass is 10.1. The summed E-state index contributed by atoms with van der Waals surface area (Å²) >= 11 is 12.3. The van der Waals surface area contributed by atoms with Crippen molar-refractivity contribution in [2.24, 2.45) is 0 Å². The molecule has 152 valence electrons. The standard InChI is InChI=1S/C19H14Cl2N6O3/c20-12-2-1-3-13(15(12)21)30-19-25-16-10(6-9-7-14(28)24-17(9)29)8-22-27(16)18(26-19)23-11-4-5-11/h1-3,6,8,11H,4-5,7H2,(H,23,25,26)(H,24,28,29)/b9-6+. The van der Waals surface area contributed by atoms with Gasteiger partial charge in [-0.3, -0.25) is 14.9 Å². The van der Waals surface area contributed by atoms with Gasteiger partial charge in [0.1, 0.15) is 5.02 Å². The highest BCUT2D eigenvalue weighted by molar-refractivity contribution is 6.42. The van der Waals surface area contributed by atoms with Gasteiger partial charge in [-0.05, 0) is 31.1 Å². The summed E-state index contributed by atoms with van der Waals surface area (Å²) < 4.78 is 7.33. The van der Waals surface area contributed by atoms with E-state index >= 15 is 0 Å². The molecular weight excluding hydrogens is 431 g/mol. The van der Waals surface area contributed by atoms with Crippen LogP contribution in [0.15, 0.2) is 30.0 Å². The van der Waals surface area contributed by atoms with Gasteiger partial charge in [0.25, 0.3) is 5.91 Å². The van der Waals surface area contributed by atoms with E-state index in [0.29, 0.717) is 39.5 Å². The average molecular weight is 445 g/mol.